The van der Waals surface area contributed by atoms with Crippen molar-refractivity contribution in [2.45, 2.75) is 37.6 Å². The van der Waals surface area contributed by atoms with Gasteiger partial charge in [-0.2, -0.15) is 0 Å². The van der Waals surface area contributed by atoms with Gasteiger partial charge in [0.1, 0.15) is 23.9 Å². The van der Waals surface area contributed by atoms with E-state index < -0.39 is 9.84 Å². The molecule has 0 bridgehead atoms. The van der Waals surface area contributed by atoms with Gasteiger partial charge in [0.15, 0.2) is 9.84 Å². The molecule has 2 aromatic heterocycles. The van der Waals surface area contributed by atoms with E-state index in [1.54, 1.807) is 10.8 Å². The second kappa shape index (κ2) is 6.84. The number of aromatic nitrogens is 2. The zero-order chi connectivity index (χ0) is 19.0. The number of hydrogen-bond donors (Lipinski definition) is 1. The quantitative estimate of drug-likeness (QED) is 0.725. The number of aryl methyl sites for hydroxylation is 1. The molecule has 1 atom stereocenters. The van der Waals surface area contributed by atoms with Gasteiger partial charge in [-0.25, -0.2) is 13.4 Å². The number of rotatable bonds is 5. The molecule has 1 aliphatic rings. The lowest BCUT2D eigenvalue weighted by atomic mass is 9.93. The van der Waals surface area contributed by atoms with Crippen molar-refractivity contribution < 1.29 is 17.6 Å². The van der Waals surface area contributed by atoms with E-state index in [4.69, 9.17) is 4.42 Å². The van der Waals surface area contributed by atoms with Crippen LogP contribution >= 0.6 is 0 Å². The van der Waals surface area contributed by atoms with Gasteiger partial charge in [-0.1, -0.05) is 12.1 Å². The van der Waals surface area contributed by atoms with Crippen LogP contribution in [0.2, 0.25) is 0 Å². The predicted octanol–water partition coefficient (Wildman–Crippen LogP) is 2.37. The monoisotopic (exact) mass is 387 g/mol. The summed E-state index contributed by atoms with van der Waals surface area (Å²) in [6, 6.07) is 9.17. The van der Waals surface area contributed by atoms with E-state index in [0.717, 1.165) is 36.1 Å². The number of carbonyl (C=O) groups is 1. The van der Waals surface area contributed by atoms with Crippen molar-refractivity contribution in [2.24, 2.45) is 0 Å². The topological polar surface area (TPSA) is 94.2 Å². The molecule has 0 saturated heterocycles. The van der Waals surface area contributed by atoms with Crippen LogP contribution in [0.25, 0.3) is 11.0 Å². The maximum Gasteiger partial charge on any atom is 0.240 e. The number of carbonyl (C=O) groups excluding carboxylic acids is 1. The standard InChI is InChI=1S/C19H21N3O4S/c1-27(24,25)12-18-20-15-5-2-3-7-16(15)22(18)11-19(23)21-14-6-4-8-17-13(14)9-10-26-17/h2-3,5,7,9-10,14H,4,6,8,11-12H2,1H3,(H,21,23). The van der Waals surface area contributed by atoms with Crippen molar-refractivity contribution >= 4 is 26.8 Å². The first kappa shape index (κ1) is 17.8. The van der Waals surface area contributed by atoms with Crippen molar-refractivity contribution in [3.63, 3.8) is 0 Å². The highest BCUT2D eigenvalue weighted by Gasteiger charge is 2.25. The van der Waals surface area contributed by atoms with Gasteiger partial charge in [-0.3, -0.25) is 4.79 Å². The van der Waals surface area contributed by atoms with Crippen LogP contribution in [0.15, 0.2) is 41.0 Å². The molecule has 4 rings (SSSR count). The Balaban J connectivity index is 1.60. The third-order valence-corrected chi connectivity index (χ3v) is 5.60. The molecule has 2 heterocycles. The summed E-state index contributed by atoms with van der Waals surface area (Å²) in [6.45, 7) is 0.0229. The molecule has 27 heavy (non-hydrogen) atoms. The number of para-hydroxylation sites is 2. The predicted molar refractivity (Wildman–Crippen MR) is 101 cm³/mol. The lowest BCUT2D eigenvalue weighted by Crippen LogP contribution is -2.33. The third-order valence-electron chi connectivity index (χ3n) is 4.81. The summed E-state index contributed by atoms with van der Waals surface area (Å²) in [5.74, 6) is 0.926. The maximum atomic E-state index is 12.7. The minimum atomic E-state index is -3.27. The molecule has 0 spiro atoms. The van der Waals surface area contributed by atoms with Crippen LogP contribution in [-0.4, -0.2) is 30.1 Å². The summed E-state index contributed by atoms with van der Waals surface area (Å²) >= 11 is 0. The van der Waals surface area contributed by atoms with Gasteiger partial charge in [0.05, 0.1) is 23.3 Å². The zero-order valence-corrected chi connectivity index (χ0v) is 15.8. The SMILES string of the molecule is CS(=O)(=O)Cc1nc2ccccc2n1CC(=O)NC1CCCc2occc21. The zero-order valence-electron chi connectivity index (χ0n) is 15.0. The largest absolute Gasteiger partial charge is 0.469 e. The number of furan rings is 1. The minimum absolute atomic E-state index is 0.0229. The number of amides is 1. The molecule has 8 heteroatoms. The fourth-order valence-corrected chi connectivity index (χ4v) is 4.36. The van der Waals surface area contributed by atoms with Crippen molar-refractivity contribution in [1.29, 1.82) is 0 Å². The first-order valence-electron chi connectivity index (χ1n) is 8.88. The van der Waals surface area contributed by atoms with E-state index in [1.807, 2.05) is 30.3 Å². The van der Waals surface area contributed by atoms with E-state index >= 15 is 0 Å². The van der Waals surface area contributed by atoms with Gasteiger partial charge in [0.25, 0.3) is 0 Å². The second-order valence-electron chi connectivity index (χ2n) is 6.98. The molecular formula is C19H21N3O4S. The Morgan fingerprint density at radius 1 is 1.33 bits per heavy atom. The minimum Gasteiger partial charge on any atom is -0.469 e. The normalized spacial score (nSPS) is 17.0. The molecule has 1 N–H and O–H groups in total. The fraction of sp³-hybridized carbons (Fsp3) is 0.368. The van der Waals surface area contributed by atoms with Crippen molar-refractivity contribution in [3.8, 4) is 0 Å². The molecule has 7 nitrogen and oxygen atoms in total. The number of hydrogen-bond acceptors (Lipinski definition) is 5. The highest BCUT2D eigenvalue weighted by Crippen LogP contribution is 2.30. The maximum absolute atomic E-state index is 12.7. The van der Waals surface area contributed by atoms with Crippen molar-refractivity contribution in [3.05, 3.63) is 53.7 Å². The molecule has 0 aliphatic heterocycles. The fourth-order valence-electron chi connectivity index (χ4n) is 3.67. The van der Waals surface area contributed by atoms with E-state index in [9.17, 15) is 13.2 Å². The molecule has 0 radical (unpaired) electrons. The van der Waals surface area contributed by atoms with Crippen LogP contribution < -0.4 is 5.32 Å². The molecule has 142 valence electrons. The smallest absolute Gasteiger partial charge is 0.240 e. The Morgan fingerprint density at radius 3 is 2.96 bits per heavy atom. The van der Waals surface area contributed by atoms with Crippen LogP contribution in [0.5, 0.6) is 0 Å². The second-order valence-corrected chi connectivity index (χ2v) is 9.12. The van der Waals surface area contributed by atoms with Gasteiger partial charge >= 0.3 is 0 Å². The van der Waals surface area contributed by atoms with Crippen LogP contribution in [0.4, 0.5) is 0 Å². The summed E-state index contributed by atoms with van der Waals surface area (Å²) in [6.07, 6.45) is 5.53. The number of sulfone groups is 1. The summed E-state index contributed by atoms with van der Waals surface area (Å²) in [4.78, 5) is 17.1. The lowest BCUT2D eigenvalue weighted by Gasteiger charge is -2.23. The Kier molecular flexibility index (Phi) is 4.51. The summed E-state index contributed by atoms with van der Waals surface area (Å²) in [7, 11) is -3.27. The molecular weight excluding hydrogens is 366 g/mol. The Labute approximate surface area is 157 Å². The molecule has 1 aromatic carbocycles. The average Bonchev–Trinajstić information content (AvgIpc) is 3.20. The average molecular weight is 387 g/mol. The van der Waals surface area contributed by atoms with Gasteiger partial charge < -0.3 is 14.3 Å². The number of nitrogens with zero attached hydrogens (tertiary/aromatic N) is 2. The van der Waals surface area contributed by atoms with Gasteiger partial charge in [0.2, 0.25) is 5.91 Å². The molecule has 1 aliphatic carbocycles. The van der Waals surface area contributed by atoms with E-state index in [0.29, 0.717) is 11.3 Å². The molecule has 0 saturated carbocycles. The van der Waals surface area contributed by atoms with Crippen LogP contribution in [0.3, 0.4) is 0 Å². The highest BCUT2D eigenvalue weighted by molar-refractivity contribution is 7.89. The molecule has 1 amide bonds. The van der Waals surface area contributed by atoms with Crippen LogP contribution in [0, 0.1) is 0 Å². The van der Waals surface area contributed by atoms with Crippen LogP contribution in [0.1, 0.15) is 36.0 Å². The summed E-state index contributed by atoms with van der Waals surface area (Å²) < 4.78 is 30.7. The van der Waals surface area contributed by atoms with E-state index in [2.05, 4.69) is 10.3 Å². The highest BCUT2D eigenvalue weighted by atomic mass is 32.2. The van der Waals surface area contributed by atoms with E-state index in [1.165, 1.54) is 6.26 Å². The van der Waals surface area contributed by atoms with Crippen molar-refractivity contribution in [1.82, 2.24) is 14.9 Å². The Bertz CT molecular complexity index is 1100. The number of imidazole rings is 1. The summed E-state index contributed by atoms with van der Waals surface area (Å²) in [5.41, 5.74) is 2.46. The third kappa shape index (κ3) is 3.75. The van der Waals surface area contributed by atoms with Crippen LogP contribution in [-0.2, 0) is 33.4 Å². The van der Waals surface area contributed by atoms with E-state index in [-0.39, 0.29) is 24.2 Å². The van der Waals surface area contributed by atoms with Crippen molar-refractivity contribution in [2.75, 3.05) is 6.26 Å². The van der Waals surface area contributed by atoms with Gasteiger partial charge in [0, 0.05) is 18.2 Å². The van der Waals surface area contributed by atoms with Gasteiger partial charge in [-0.15, -0.1) is 0 Å². The molecule has 3 aromatic rings. The van der Waals surface area contributed by atoms with Gasteiger partial charge in [-0.05, 0) is 31.0 Å². The number of fused-ring (bicyclic) bond motifs is 2. The first-order chi connectivity index (χ1) is 12.9. The molecule has 0 fully saturated rings. The Hall–Kier alpha value is -2.61. The lowest BCUT2D eigenvalue weighted by molar-refractivity contribution is -0.122. The number of nitrogens with one attached hydrogen (secondary N) is 1. The Morgan fingerprint density at radius 2 is 2.15 bits per heavy atom. The number of benzene rings is 1. The summed E-state index contributed by atoms with van der Waals surface area (Å²) in [5, 5.41) is 3.06. The first-order valence-corrected chi connectivity index (χ1v) is 10.9. The molecule has 1 unspecified atom stereocenters.